The Kier molecular flexibility index (Phi) is 4.65. The van der Waals surface area contributed by atoms with Crippen molar-refractivity contribution in [2.75, 3.05) is 7.05 Å². The Hall–Kier alpha value is -3.47. The lowest BCUT2D eigenvalue weighted by atomic mass is 10.1. The van der Waals surface area contributed by atoms with Crippen molar-refractivity contribution in [2.45, 2.75) is 19.5 Å². The van der Waals surface area contributed by atoms with E-state index >= 15 is 0 Å². The van der Waals surface area contributed by atoms with E-state index in [-0.39, 0.29) is 23.9 Å². The highest BCUT2D eigenvalue weighted by Crippen LogP contribution is 2.21. The number of carbonyl (C=O) groups is 1. The van der Waals surface area contributed by atoms with Gasteiger partial charge >= 0.3 is 0 Å². The van der Waals surface area contributed by atoms with Crippen molar-refractivity contribution >= 4 is 27.7 Å². The first-order valence-electron chi connectivity index (χ1n) is 9.24. The number of nitrogens with zero attached hydrogens (tertiary/aromatic N) is 3. The van der Waals surface area contributed by atoms with E-state index in [9.17, 15) is 9.59 Å². The minimum absolute atomic E-state index is 0.00742. The van der Waals surface area contributed by atoms with E-state index in [0.29, 0.717) is 10.8 Å². The maximum Gasteiger partial charge on any atom is 0.242 e. The van der Waals surface area contributed by atoms with Gasteiger partial charge in [-0.05, 0) is 42.8 Å². The maximum absolute atomic E-state index is 13.1. The van der Waals surface area contributed by atoms with E-state index in [4.69, 9.17) is 0 Å². The van der Waals surface area contributed by atoms with E-state index in [0.717, 1.165) is 16.6 Å². The number of rotatable bonds is 4. The Balaban J connectivity index is 1.77. The first kappa shape index (κ1) is 17.9. The zero-order valence-electron chi connectivity index (χ0n) is 15.9. The van der Waals surface area contributed by atoms with Crippen LogP contribution in [0.3, 0.4) is 0 Å². The zero-order chi connectivity index (χ0) is 19.7. The van der Waals surface area contributed by atoms with Gasteiger partial charge in [0.1, 0.15) is 6.54 Å². The molecule has 140 valence electrons. The third kappa shape index (κ3) is 3.05. The lowest BCUT2D eigenvalue weighted by molar-refractivity contribution is -0.132. The number of pyridine rings is 2. The molecule has 0 bridgehead atoms. The van der Waals surface area contributed by atoms with Gasteiger partial charge in [-0.3, -0.25) is 14.6 Å². The highest BCUT2D eigenvalue weighted by Gasteiger charge is 2.20. The summed E-state index contributed by atoms with van der Waals surface area (Å²) in [6.07, 6.45) is 3.50. The summed E-state index contributed by atoms with van der Waals surface area (Å²) in [4.78, 5) is 31.8. The molecular formula is C23H21N3O2. The number of likely N-dealkylation sites (N-methyl/N-ethyl adjacent to an activating group) is 1. The Bertz CT molecular complexity index is 1150. The number of benzene rings is 2. The quantitative estimate of drug-likeness (QED) is 0.513. The molecule has 0 spiro atoms. The molecule has 0 N–H and O–H groups in total. The van der Waals surface area contributed by atoms with Gasteiger partial charge in [0.05, 0.1) is 17.1 Å². The Morgan fingerprint density at radius 1 is 1.00 bits per heavy atom. The van der Waals surface area contributed by atoms with Crippen LogP contribution in [-0.4, -0.2) is 27.4 Å². The molecule has 0 aliphatic heterocycles. The lowest BCUT2D eigenvalue weighted by Crippen LogP contribution is -2.33. The molecule has 5 nitrogen and oxygen atoms in total. The summed E-state index contributed by atoms with van der Waals surface area (Å²) in [6, 6.07) is 18.6. The van der Waals surface area contributed by atoms with Crippen LogP contribution in [0.15, 0.2) is 77.9 Å². The highest BCUT2D eigenvalue weighted by atomic mass is 16.2. The fourth-order valence-corrected chi connectivity index (χ4v) is 3.56. The van der Waals surface area contributed by atoms with Gasteiger partial charge in [0.25, 0.3) is 0 Å². The number of amides is 1. The molecular weight excluding hydrogens is 350 g/mol. The summed E-state index contributed by atoms with van der Waals surface area (Å²) in [5.74, 6) is -0.0321. The lowest BCUT2D eigenvalue weighted by Gasteiger charge is -2.26. The Morgan fingerprint density at radius 3 is 2.18 bits per heavy atom. The molecule has 2 heterocycles. The van der Waals surface area contributed by atoms with Crippen LogP contribution in [0, 0.1) is 0 Å². The smallest absolute Gasteiger partial charge is 0.242 e. The van der Waals surface area contributed by atoms with Crippen LogP contribution < -0.4 is 5.43 Å². The molecule has 2 aromatic carbocycles. The molecule has 28 heavy (non-hydrogen) atoms. The normalized spacial score (nSPS) is 12.2. The van der Waals surface area contributed by atoms with Gasteiger partial charge in [-0.2, -0.15) is 0 Å². The maximum atomic E-state index is 13.1. The molecule has 0 aliphatic rings. The van der Waals surface area contributed by atoms with Crippen molar-refractivity contribution in [1.82, 2.24) is 14.5 Å². The number of hydrogen-bond acceptors (Lipinski definition) is 3. The molecule has 1 atom stereocenters. The molecule has 0 fully saturated rings. The van der Waals surface area contributed by atoms with E-state index in [1.807, 2.05) is 72.2 Å². The molecule has 0 aliphatic carbocycles. The standard InChI is InChI=1S/C23H21N3O2/c1-16(17-8-7-13-24-14-17)25(2)22(27)15-26-20-11-5-3-9-18(20)23(28)19-10-4-6-12-21(19)26/h3-14,16H,15H2,1-2H3. The van der Waals surface area contributed by atoms with Crippen LogP contribution in [0.5, 0.6) is 0 Å². The van der Waals surface area contributed by atoms with E-state index in [1.54, 1.807) is 24.3 Å². The molecule has 0 radical (unpaired) electrons. The average Bonchev–Trinajstić information content (AvgIpc) is 2.76. The Labute approximate surface area is 162 Å². The van der Waals surface area contributed by atoms with Gasteiger partial charge in [-0.1, -0.05) is 30.3 Å². The third-order valence-electron chi connectivity index (χ3n) is 5.31. The van der Waals surface area contributed by atoms with Crippen LogP contribution in [0.4, 0.5) is 0 Å². The number of para-hydroxylation sites is 2. The van der Waals surface area contributed by atoms with Crippen LogP contribution >= 0.6 is 0 Å². The van der Waals surface area contributed by atoms with E-state index in [2.05, 4.69) is 4.98 Å². The number of fused-ring (bicyclic) bond motifs is 2. The van der Waals surface area contributed by atoms with Crippen molar-refractivity contribution in [3.8, 4) is 0 Å². The monoisotopic (exact) mass is 371 g/mol. The summed E-state index contributed by atoms with van der Waals surface area (Å²) >= 11 is 0. The number of hydrogen-bond donors (Lipinski definition) is 0. The molecule has 1 amide bonds. The highest BCUT2D eigenvalue weighted by molar-refractivity contribution is 5.94. The zero-order valence-corrected chi connectivity index (χ0v) is 15.9. The molecule has 1 unspecified atom stereocenters. The molecule has 2 aromatic heterocycles. The number of carbonyl (C=O) groups excluding carboxylic acids is 1. The van der Waals surface area contributed by atoms with Gasteiger partial charge in [-0.15, -0.1) is 0 Å². The first-order chi connectivity index (χ1) is 13.6. The second-order valence-electron chi connectivity index (χ2n) is 6.92. The van der Waals surface area contributed by atoms with Crippen LogP contribution in [0.1, 0.15) is 18.5 Å². The third-order valence-corrected chi connectivity index (χ3v) is 5.31. The van der Waals surface area contributed by atoms with Crippen LogP contribution in [0.2, 0.25) is 0 Å². The van der Waals surface area contributed by atoms with Crippen molar-refractivity contribution < 1.29 is 4.79 Å². The summed E-state index contributed by atoms with van der Waals surface area (Å²) in [5.41, 5.74) is 2.50. The second kappa shape index (κ2) is 7.27. The summed E-state index contributed by atoms with van der Waals surface area (Å²) in [7, 11) is 1.80. The van der Waals surface area contributed by atoms with Crippen molar-refractivity contribution in [3.05, 3.63) is 88.8 Å². The molecule has 0 saturated carbocycles. The summed E-state index contributed by atoms with van der Waals surface area (Å²) < 4.78 is 1.93. The van der Waals surface area contributed by atoms with E-state index < -0.39 is 0 Å². The minimum Gasteiger partial charge on any atom is -0.337 e. The van der Waals surface area contributed by atoms with Gasteiger partial charge in [-0.25, -0.2) is 0 Å². The second-order valence-corrected chi connectivity index (χ2v) is 6.92. The molecule has 4 rings (SSSR count). The largest absolute Gasteiger partial charge is 0.337 e. The summed E-state index contributed by atoms with van der Waals surface area (Å²) in [6.45, 7) is 2.14. The SMILES string of the molecule is CC(c1cccnc1)N(C)C(=O)Cn1c2ccccc2c(=O)c2ccccc21. The Morgan fingerprint density at radius 2 is 1.61 bits per heavy atom. The van der Waals surface area contributed by atoms with E-state index in [1.165, 1.54) is 0 Å². The molecule has 0 saturated heterocycles. The number of aromatic nitrogens is 2. The predicted molar refractivity (Wildman–Crippen MR) is 111 cm³/mol. The van der Waals surface area contributed by atoms with Crippen LogP contribution in [-0.2, 0) is 11.3 Å². The van der Waals surface area contributed by atoms with Gasteiger partial charge < -0.3 is 9.47 Å². The predicted octanol–water partition coefficient (Wildman–Crippen LogP) is 3.77. The van der Waals surface area contributed by atoms with Crippen molar-refractivity contribution in [2.24, 2.45) is 0 Å². The van der Waals surface area contributed by atoms with Crippen molar-refractivity contribution in [1.29, 1.82) is 0 Å². The molecule has 4 aromatic rings. The fourth-order valence-electron chi connectivity index (χ4n) is 3.56. The van der Waals surface area contributed by atoms with Crippen LogP contribution in [0.25, 0.3) is 21.8 Å². The molecule has 5 heteroatoms. The summed E-state index contributed by atoms with van der Waals surface area (Å²) in [5, 5.41) is 1.24. The average molecular weight is 371 g/mol. The fraction of sp³-hybridized carbons (Fsp3) is 0.174. The first-order valence-corrected chi connectivity index (χ1v) is 9.24. The topological polar surface area (TPSA) is 55.2 Å². The van der Waals surface area contributed by atoms with Gasteiger partial charge in [0.2, 0.25) is 5.91 Å². The minimum atomic E-state index is -0.0990. The van der Waals surface area contributed by atoms with Gasteiger partial charge in [0.15, 0.2) is 5.43 Å². The van der Waals surface area contributed by atoms with Crippen molar-refractivity contribution in [3.63, 3.8) is 0 Å². The van der Waals surface area contributed by atoms with Gasteiger partial charge in [0, 0.05) is 30.2 Å².